The molecular formula is C8H15ClN4. The Balaban J connectivity index is 0.000000226. The summed E-state index contributed by atoms with van der Waals surface area (Å²) in [5, 5.41) is 10.4. The molecule has 0 saturated carbocycles. The molecule has 4 nitrogen and oxygen atoms in total. The summed E-state index contributed by atoms with van der Waals surface area (Å²) in [5.74, 6) is 0. The van der Waals surface area contributed by atoms with Crippen LogP contribution in [0.25, 0.3) is 0 Å². The first-order valence-electron chi connectivity index (χ1n) is 4.31. The molecule has 74 valence electrons. The number of aromatic nitrogens is 3. The zero-order valence-electron chi connectivity index (χ0n) is 7.78. The number of nitrogens with zero attached hydrogens (tertiary/aromatic N) is 3. The average Bonchev–Trinajstić information content (AvgIpc) is 2.17. The smallest absolute Gasteiger partial charge is 0.155 e. The highest BCUT2D eigenvalue weighted by molar-refractivity contribution is 6.29. The van der Waals surface area contributed by atoms with Gasteiger partial charge in [0.05, 0.1) is 6.20 Å². The van der Waals surface area contributed by atoms with E-state index in [1.807, 2.05) is 0 Å². The van der Waals surface area contributed by atoms with Crippen molar-refractivity contribution in [3.05, 3.63) is 17.4 Å². The van der Waals surface area contributed by atoms with Gasteiger partial charge in [0, 0.05) is 0 Å². The maximum absolute atomic E-state index is 5.33. The van der Waals surface area contributed by atoms with Crippen LogP contribution >= 0.6 is 11.6 Å². The molecule has 0 aliphatic carbocycles. The molecule has 0 amide bonds. The van der Waals surface area contributed by atoms with E-state index in [0.717, 1.165) is 6.54 Å². The molecule has 0 saturated heterocycles. The van der Waals surface area contributed by atoms with Crippen LogP contribution in [-0.4, -0.2) is 22.0 Å². The molecule has 0 aliphatic rings. The van der Waals surface area contributed by atoms with Gasteiger partial charge in [0.1, 0.15) is 0 Å². The van der Waals surface area contributed by atoms with Crippen molar-refractivity contribution in [2.75, 3.05) is 6.54 Å². The lowest BCUT2D eigenvalue weighted by Gasteiger charge is -1.86. The molecular weight excluding hydrogens is 188 g/mol. The molecule has 1 aromatic rings. The Kier molecular flexibility index (Phi) is 8.82. The van der Waals surface area contributed by atoms with Crippen molar-refractivity contribution in [1.82, 2.24) is 15.4 Å². The average molecular weight is 203 g/mol. The lowest BCUT2D eigenvalue weighted by atomic mass is 10.3. The second-order valence-electron chi connectivity index (χ2n) is 2.44. The van der Waals surface area contributed by atoms with Crippen molar-refractivity contribution in [2.24, 2.45) is 5.73 Å². The molecule has 0 atom stereocenters. The first kappa shape index (κ1) is 12.3. The van der Waals surface area contributed by atoms with Crippen LogP contribution in [0.2, 0.25) is 5.15 Å². The molecule has 2 N–H and O–H groups in total. The number of unbranched alkanes of at least 4 members (excludes halogenated alkanes) is 2. The van der Waals surface area contributed by atoms with E-state index in [1.165, 1.54) is 25.5 Å². The standard InChI is InChI=1S/C5H13N.C3H2ClN3/c1-2-3-4-5-6;4-3-1-2-5-7-6-3/h2-6H2,1H3;1-2H. The van der Waals surface area contributed by atoms with Gasteiger partial charge in [0.2, 0.25) is 0 Å². The minimum atomic E-state index is 0.370. The zero-order valence-corrected chi connectivity index (χ0v) is 8.54. The van der Waals surface area contributed by atoms with E-state index in [2.05, 4.69) is 22.3 Å². The largest absolute Gasteiger partial charge is 0.330 e. The molecule has 0 radical (unpaired) electrons. The van der Waals surface area contributed by atoms with Crippen molar-refractivity contribution < 1.29 is 0 Å². The van der Waals surface area contributed by atoms with Crippen molar-refractivity contribution in [1.29, 1.82) is 0 Å². The maximum Gasteiger partial charge on any atom is 0.155 e. The van der Waals surface area contributed by atoms with Gasteiger partial charge in [-0.2, -0.15) is 0 Å². The normalized spacial score (nSPS) is 8.85. The second kappa shape index (κ2) is 9.35. The van der Waals surface area contributed by atoms with Gasteiger partial charge in [0.15, 0.2) is 5.15 Å². The van der Waals surface area contributed by atoms with Crippen LogP contribution in [-0.2, 0) is 0 Å². The number of rotatable bonds is 3. The van der Waals surface area contributed by atoms with Crippen LogP contribution in [0, 0.1) is 0 Å². The Hall–Kier alpha value is -0.740. The highest BCUT2D eigenvalue weighted by Gasteiger charge is 1.79. The lowest BCUT2D eigenvalue weighted by Crippen LogP contribution is -1.96. The lowest BCUT2D eigenvalue weighted by molar-refractivity contribution is 0.727. The molecule has 1 rings (SSSR count). The summed E-state index contributed by atoms with van der Waals surface area (Å²) >= 11 is 5.33. The van der Waals surface area contributed by atoms with E-state index in [9.17, 15) is 0 Å². The molecule has 1 heterocycles. The Morgan fingerprint density at radius 3 is 2.46 bits per heavy atom. The van der Waals surface area contributed by atoms with E-state index < -0.39 is 0 Å². The number of nitrogens with two attached hydrogens (primary N) is 1. The third kappa shape index (κ3) is 9.17. The van der Waals surface area contributed by atoms with Crippen LogP contribution in [0.4, 0.5) is 0 Å². The van der Waals surface area contributed by atoms with E-state index >= 15 is 0 Å². The van der Waals surface area contributed by atoms with E-state index in [1.54, 1.807) is 6.07 Å². The van der Waals surface area contributed by atoms with Crippen LogP contribution < -0.4 is 5.73 Å². The fourth-order valence-corrected chi connectivity index (χ4v) is 0.711. The molecule has 1 aromatic heterocycles. The van der Waals surface area contributed by atoms with Crippen LogP contribution in [0.1, 0.15) is 26.2 Å². The third-order valence-corrected chi connectivity index (χ3v) is 1.48. The zero-order chi connectivity index (χ0) is 9.94. The molecule has 0 unspecified atom stereocenters. The van der Waals surface area contributed by atoms with Gasteiger partial charge in [-0.05, 0) is 24.2 Å². The SMILES string of the molecule is CCCCCN.Clc1ccnnn1. The molecule has 0 bridgehead atoms. The fourth-order valence-electron chi connectivity index (χ4n) is 0.621. The quantitative estimate of drug-likeness (QED) is 0.758. The highest BCUT2D eigenvalue weighted by Crippen LogP contribution is 1.94. The topological polar surface area (TPSA) is 64.7 Å². The molecule has 5 heteroatoms. The first-order chi connectivity index (χ1) is 6.31. The summed E-state index contributed by atoms with van der Waals surface area (Å²) in [6.45, 7) is 3.03. The summed E-state index contributed by atoms with van der Waals surface area (Å²) in [7, 11) is 0. The van der Waals surface area contributed by atoms with Crippen LogP contribution in [0.3, 0.4) is 0 Å². The molecule has 0 fully saturated rings. The Morgan fingerprint density at radius 2 is 2.23 bits per heavy atom. The van der Waals surface area contributed by atoms with E-state index in [4.69, 9.17) is 17.3 Å². The highest BCUT2D eigenvalue weighted by atomic mass is 35.5. The number of hydrogen-bond acceptors (Lipinski definition) is 4. The number of halogens is 1. The van der Waals surface area contributed by atoms with Gasteiger partial charge in [-0.3, -0.25) is 0 Å². The van der Waals surface area contributed by atoms with Gasteiger partial charge in [-0.25, -0.2) is 0 Å². The second-order valence-corrected chi connectivity index (χ2v) is 2.83. The van der Waals surface area contributed by atoms with Gasteiger partial charge in [-0.15, -0.1) is 10.2 Å². The van der Waals surface area contributed by atoms with E-state index in [-0.39, 0.29) is 0 Å². The van der Waals surface area contributed by atoms with Gasteiger partial charge in [-0.1, -0.05) is 31.4 Å². The Morgan fingerprint density at radius 1 is 1.46 bits per heavy atom. The summed E-state index contributed by atoms with van der Waals surface area (Å²) in [6, 6.07) is 1.56. The van der Waals surface area contributed by atoms with Crippen molar-refractivity contribution in [3.63, 3.8) is 0 Å². The summed E-state index contributed by atoms with van der Waals surface area (Å²) in [4.78, 5) is 0. The van der Waals surface area contributed by atoms with Crippen LogP contribution in [0.5, 0.6) is 0 Å². The Bertz CT molecular complexity index is 189. The van der Waals surface area contributed by atoms with Gasteiger partial charge in [0.25, 0.3) is 0 Å². The first-order valence-corrected chi connectivity index (χ1v) is 4.69. The fraction of sp³-hybridized carbons (Fsp3) is 0.625. The Labute approximate surface area is 83.5 Å². The van der Waals surface area contributed by atoms with Gasteiger partial charge < -0.3 is 5.73 Å². The third-order valence-electron chi connectivity index (χ3n) is 1.28. The predicted molar refractivity (Wildman–Crippen MR) is 53.4 cm³/mol. The maximum atomic E-state index is 5.33. The van der Waals surface area contributed by atoms with Crippen molar-refractivity contribution in [2.45, 2.75) is 26.2 Å². The molecule has 13 heavy (non-hydrogen) atoms. The molecule has 0 aromatic carbocycles. The summed E-state index contributed by atoms with van der Waals surface area (Å²) < 4.78 is 0. The van der Waals surface area contributed by atoms with E-state index in [0.29, 0.717) is 5.15 Å². The predicted octanol–water partition coefficient (Wildman–Crippen LogP) is 1.66. The minimum Gasteiger partial charge on any atom is -0.330 e. The van der Waals surface area contributed by atoms with Crippen molar-refractivity contribution in [3.8, 4) is 0 Å². The minimum absolute atomic E-state index is 0.370. The monoisotopic (exact) mass is 202 g/mol. The van der Waals surface area contributed by atoms with Crippen molar-refractivity contribution >= 4 is 11.6 Å². The van der Waals surface area contributed by atoms with Gasteiger partial charge >= 0.3 is 0 Å². The summed E-state index contributed by atoms with van der Waals surface area (Å²) in [6.07, 6.45) is 5.24. The van der Waals surface area contributed by atoms with Crippen LogP contribution in [0.15, 0.2) is 12.3 Å². The summed E-state index contributed by atoms with van der Waals surface area (Å²) in [5.41, 5.74) is 5.21. The molecule has 0 aliphatic heterocycles. The molecule has 0 spiro atoms. The number of hydrogen-bond donors (Lipinski definition) is 1.